The minimum absolute atomic E-state index is 0.134. The molecule has 1 atom stereocenters. The molecule has 1 amide bonds. The van der Waals surface area contributed by atoms with Crippen molar-refractivity contribution in [2.75, 3.05) is 0 Å². The van der Waals surface area contributed by atoms with Crippen LogP contribution in [0, 0.1) is 22.7 Å². The molecule has 1 N–H and O–H groups in total. The Hall–Kier alpha value is -1.04. The van der Waals surface area contributed by atoms with Gasteiger partial charge in [0.25, 0.3) is 0 Å². The van der Waals surface area contributed by atoms with Crippen LogP contribution in [0.5, 0.6) is 0 Å². The molecule has 0 bridgehead atoms. The third-order valence-electron chi connectivity index (χ3n) is 2.05. The summed E-state index contributed by atoms with van der Waals surface area (Å²) >= 11 is 0. The van der Waals surface area contributed by atoms with Gasteiger partial charge >= 0.3 is 0 Å². The van der Waals surface area contributed by atoms with Crippen LogP contribution in [0.25, 0.3) is 0 Å². The number of amides is 1. The first-order chi connectivity index (χ1) is 6.29. The first kappa shape index (κ1) is 13.0. The summed E-state index contributed by atoms with van der Waals surface area (Å²) in [5, 5.41) is 11.6. The van der Waals surface area contributed by atoms with Gasteiger partial charge in [-0.3, -0.25) is 4.79 Å². The summed E-state index contributed by atoms with van der Waals surface area (Å²) in [6.45, 7) is 9.44. The number of hydrogen-bond acceptors (Lipinski definition) is 2. The lowest BCUT2D eigenvalue weighted by atomic mass is 9.93. The van der Waals surface area contributed by atoms with Crippen molar-refractivity contribution in [3.8, 4) is 6.07 Å². The van der Waals surface area contributed by atoms with E-state index in [1.54, 1.807) is 13.8 Å². The Bertz CT molecular complexity index is 238. The van der Waals surface area contributed by atoms with Gasteiger partial charge in [-0.2, -0.15) is 5.26 Å². The van der Waals surface area contributed by atoms with Crippen molar-refractivity contribution in [1.29, 1.82) is 5.26 Å². The van der Waals surface area contributed by atoms with E-state index in [9.17, 15) is 4.79 Å². The Morgan fingerprint density at radius 1 is 1.43 bits per heavy atom. The third kappa shape index (κ3) is 4.27. The second kappa shape index (κ2) is 4.99. The van der Waals surface area contributed by atoms with E-state index in [0.717, 1.165) is 6.42 Å². The average molecular weight is 196 g/mol. The van der Waals surface area contributed by atoms with Crippen LogP contribution in [0.4, 0.5) is 0 Å². The summed E-state index contributed by atoms with van der Waals surface area (Å²) in [5.41, 5.74) is -0.925. The maximum Gasteiger partial charge on any atom is 0.240 e. The highest BCUT2D eigenvalue weighted by atomic mass is 16.2. The molecule has 0 saturated carbocycles. The van der Waals surface area contributed by atoms with Gasteiger partial charge in [0.05, 0.1) is 6.07 Å². The van der Waals surface area contributed by atoms with Gasteiger partial charge in [-0.05, 0) is 33.1 Å². The quantitative estimate of drug-likeness (QED) is 0.748. The first-order valence-corrected chi connectivity index (χ1v) is 5.01. The summed E-state index contributed by atoms with van der Waals surface area (Å²) in [5.74, 6) is 0.364. The highest BCUT2D eigenvalue weighted by Gasteiger charge is 2.28. The van der Waals surface area contributed by atoms with Gasteiger partial charge in [0.15, 0.2) is 0 Å². The average Bonchev–Trinajstić information content (AvgIpc) is 2.02. The number of carbonyl (C=O) groups is 1. The van der Waals surface area contributed by atoms with E-state index in [4.69, 9.17) is 5.26 Å². The maximum absolute atomic E-state index is 11.6. The maximum atomic E-state index is 11.6. The van der Waals surface area contributed by atoms with Gasteiger partial charge < -0.3 is 5.32 Å². The second-order valence-corrected chi connectivity index (χ2v) is 4.74. The lowest BCUT2D eigenvalue weighted by molar-refractivity contribution is -0.127. The fraction of sp³-hybridized carbons (Fsp3) is 0.818. The lowest BCUT2D eigenvalue weighted by Gasteiger charge is -2.21. The molecular weight excluding hydrogens is 176 g/mol. The molecule has 0 aliphatic rings. The largest absolute Gasteiger partial charge is 0.352 e. The molecule has 0 fully saturated rings. The Labute approximate surface area is 86.5 Å². The van der Waals surface area contributed by atoms with E-state index in [-0.39, 0.29) is 11.9 Å². The molecule has 0 rings (SSSR count). The van der Waals surface area contributed by atoms with Gasteiger partial charge in [-0.1, -0.05) is 13.8 Å². The molecule has 0 heterocycles. The van der Waals surface area contributed by atoms with E-state index < -0.39 is 5.41 Å². The van der Waals surface area contributed by atoms with Crippen molar-refractivity contribution in [2.24, 2.45) is 11.3 Å². The van der Waals surface area contributed by atoms with Gasteiger partial charge in [0.2, 0.25) is 5.91 Å². The van der Waals surface area contributed by atoms with E-state index in [1.807, 2.05) is 13.0 Å². The molecule has 0 aliphatic carbocycles. The van der Waals surface area contributed by atoms with E-state index >= 15 is 0 Å². The fourth-order valence-corrected chi connectivity index (χ4v) is 1.22. The molecule has 0 radical (unpaired) electrons. The van der Waals surface area contributed by atoms with Crippen LogP contribution in [0.15, 0.2) is 0 Å². The normalized spacial score (nSPS) is 13.5. The monoisotopic (exact) mass is 196 g/mol. The standard InChI is InChI=1S/C11H20N2O/c1-8(2)6-9(3)13-10(14)11(4,5)7-12/h8-9H,6H2,1-5H3,(H,13,14). The van der Waals surface area contributed by atoms with Crippen LogP contribution in [0.2, 0.25) is 0 Å². The van der Waals surface area contributed by atoms with Gasteiger partial charge in [0, 0.05) is 6.04 Å². The number of nitriles is 1. The van der Waals surface area contributed by atoms with Crippen molar-refractivity contribution < 1.29 is 4.79 Å². The molecule has 0 aromatic heterocycles. The highest BCUT2D eigenvalue weighted by molar-refractivity contribution is 5.84. The molecular formula is C11H20N2O. The molecule has 3 heteroatoms. The smallest absolute Gasteiger partial charge is 0.240 e. The summed E-state index contributed by atoms with van der Waals surface area (Å²) in [4.78, 5) is 11.6. The van der Waals surface area contributed by atoms with Gasteiger partial charge in [-0.25, -0.2) is 0 Å². The molecule has 0 aromatic rings. The Morgan fingerprint density at radius 3 is 2.29 bits per heavy atom. The predicted molar refractivity (Wildman–Crippen MR) is 56.5 cm³/mol. The van der Waals surface area contributed by atoms with Crippen LogP contribution in [-0.4, -0.2) is 11.9 Å². The molecule has 0 aliphatic heterocycles. The third-order valence-corrected chi connectivity index (χ3v) is 2.05. The predicted octanol–water partition coefficient (Wildman–Crippen LogP) is 2.09. The molecule has 1 unspecified atom stereocenters. The Kier molecular flexibility index (Phi) is 4.62. The van der Waals surface area contributed by atoms with E-state index in [0.29, 0.717) is 5.92 Å². The summed E-state index contributed by atoms with van der Waals surface area (Å²) < 4.78 is 0. The van der Waals surface area contributed by atoms with Crippen LogP contribution in [-0.2, 0) is 4.79 Å². The summed E-state index contributed by atoms with van der Waals surface area (Å²) in [7, 11) is 0. The molecule has 0 spiro atoms. The number of hydrogen-bond donors (Lipinski definition) is 1. The first-order valence-electron chi connectivity index (χ1n) is 5.01. The van der Waals surface area contributed by atoms with E-state index in [1.165, 1.54) is 0 Å². The molecule has 0 aromatic carbocycles. The van der Waals surface area contributed by atoms with E-state index in [2.05, 4.69) is 19.2 Å². The number of nitrogens with zero attached hydrogens (tertiary/aromatic N) is 1. The Morgan fingerprint density at radius 2 is 1.93 bits per heavy atom. The van der Waals surface area contributed by atoms with Crippen LogP contribution in [0.1, 0.15) is 41.0 Å². The number of rotatable bonds is 4. The molecule has 3 nitrogen and oxygen atoms in total. The summed E-state index contributed by atoms with van der Waals surface area (Å²) in [6, 6.07) is 2.12. The highest BCUT2D eigenvalue weighted by Crippen LogP contribution is 2.14. The fourth-order valence-electron chi connectivity index (χ4n) is 1.22. The van der Waals surface area contributed by atoms with Gasteiger partial charge in [-0.15, -0.1) is 0 Å². The SMILES string of the molecule is CC(C)CC(C)NC(=O)C(C)(C)C#N. The van der Waals surface area contributed by atoms with Crippen molar-refractivity contribution in [3.05, 3.63) is 0 Å². The zero-order valence-corrected chi connectivity index (χ0v) is 9.72. The number of nitrogens with one attached hydrogen (secondary N) is 1. The number of carbonyl (C=O) groups excluding carboxylic acids is 1. The van der Waals surface area contributed by atoms with Crippen LogP contribution < -0.4 is 5.32 Å². The summed E-state index contributed by atoms with van der Waals surface area (Å²) in [6.07, 6.45) is 0.938. The van der Waals surface area contributed by atoms with Crippen molar-refractivity contribution in [2.45, 2.75) is 47.1 Å². The zero-order valence-electron chi connectivity index (χ0n) is 9.72. The Balaban J connectivity index is 4.15. The lowest BCUT2D eigenvalue weighted by Crippen LogP contribution is -2.41. The van der Waals surface area contributed by atoms with Gasteiger partial charge in [0.1, 0.15) is 5.41 Å². The van der Waals surface area contributed by atoms with Crippen molar-refractivity contribution >= 4 is 5.91 Å². The topological polar surface area (TPSA) is 52.9 Å². The second-order valence-electron chi connectivity index (χ2n) is 4.74. The van der Waals surface area contributed by atoms with Crippen LogP contribution in [0.3, 0.4) is 0 Å². The molecule has 14 heavy (non-hydrogen) atoms. The minimum atomic E-state index is -0.925. The molecule has 80 valence electrons. The molecule has 0 saturated heterocycles. The minimum Gasteiger partial charge on any atom is -0.352 e. The zero-order chi connectivity index (χ0) is 11.4. The van der Waals surface area contributed by atoms with Crippen molar-refractivity contribution in [3.63, 3.8) is 0 Å². The van der Waals surface area contributed by atoms with Crippen molar-refractivity contribution in [1.82, 2.24) is 5.32 Å². The van der Waals surface area contributed by atoms with Crippen LogP contribution >= 0.6 is 0 Å².